The molecule has 2 atom stereocenters. The van der Waals surface area contributed by atoms with Crippen LogP contribution < -0.4 is 0 Å². The summed E-state index contributed by atoms with van der Waals surface area (Å²) in [6, 6.07) is 14.0. The fourth-order valence-corrected chi connectivity index (χ4v) is 3.40. The van der Waals surface area contributed by atoms with Crippen LogP contribution in [-0.2, 0) is 9.53 Å². The third-order valence-corrected chi connectivity index (χ3v) is 4.73. The molecule has 0 fully saturated rings. The van der Waals surface area contributed by atoms with E-state index in [0.29, 0.717) is 5.02 Å². The maximum absolute atomic E-state index is 13.2. The van der Waals surface area contributed by atoms with Crippen molar-refractivity contribution in [1.29, 1.82) is 0 Å². The standard InChI is InChI=1S/C23H27ClO4/c1-5-6-19(15-7-9-17(10-8-15)21(25)26)20(22(27)28-23(2,3)4)16-11-13-18(24)14-12-16/h7-14,19-20H,5-6H2,1-4H3,(H,25,26). The minimum absolute atomic E-state index is 0.135. The molecule has 28 heavy (non-hydrogen) atoms. The third-order valence-electron chi connectivity index (χ3n) is 4.48. The van der Waals surface area contributed by atoms with Crippen molar-refractivity contribution >= 4 is 23.5 Å². The first-order valence-electron chi connectivity index (χ1n) is 9.44. The third kappa shape index (κ3) is 5.83. The summed E-state index contributed by atoms with van der Waals surface area (Å²) in [7, 11) is 0. The predicted octanol–water partition coefficient (Wildman–Crippen LogP) is 6.05. The number of halogens is 1. The second-order valence-electron chi connectivity index (χ2n) is 7.89. The normalized spacial score (nSPS) is 13.6. The van der Waals surface area contributed by atoms with Gasteiger partial charge in [-0.3, -0.25) is 4.79 Å². The first-order valence-corrected chi connectivity index (χ1v) is 9.81. The molecular formula is C23H27ClO4. The lowest BCUT2D eigenvalue weighted by molar-refractivity contribution is -0.157. The van der Waals surface area contributed by atoms with Gasteiger partial charge in [0.05, 0.1) is 11.5 Å². The smallest absolute Gasteiger partial charge is 0.335 e. The number of rotatable bonds is 7. The van der Waals surface area contributed by atoms with Crippen LogP contribution in [0.3, 0.4) is 0 Å². The number of hydrogen-bond donors (Lipinski definition) is 1. The van der Waals surface area contributed by atoms with Gasteiger partial charge >= 0.3 is 11.9 Å². The van der Waals surface area contributed by atoms with Crippen molar-refractivity contribution in [3.8, 4) is 0 Å². The van der Waals surface area contributed by atoms with Crippen LogP contribution in [0.25, 0.3) is 0 Å². The van der Waals surface area contributed by atoms with Gasteiger partial charge < -0.3 is 9.84 Å². The van der Waals surface area contributed by atoms with E-state index in [-0.39, 0.29) is 17.5 Å². The molecule has 0 aliphatic heterocycles. The van der Waals surface area contributed by atoms with E-state index in [1.165, 1.54) is 0 Å². The Kier molecular flexibility index (Phi) is 7.25. The summed E-state index contributed by atoms with van der Waals surface area (Å²) < 4.78 is 5.73. The molecular weight excluding hydrogens is 376 g/mol. The fourth-order valence-electron chi connectivity index (χ4n) is 3.28. The molecule has 0 saturated carbocycles. The molecule has 2 aromatic carbocycles. The molecule has 150 valence electrons. The number of carboxylic acid groups (broad SMARTS) is 1. The molecule has 2 unspecified atom stereocenters. The molecule has 0 spiro atoms. The maximum atomic E-state index is 13.2. The molecule has 0 aromatic heterocycles. The van der Waals surface area contributed by atoms with Crippen molar-refractivity contribution in [1.82, 2.24) is 0 Å². The zero-order valence-electron chi connectivity index (χ0n) is 16.7. The average Bonchev–Trinajstić information content (AvgIpc) is 2.61. The minimum atomic E-state index is -0.972. The van der Waals surface area contributed by atoms with Crippen LogP contribution in [0, 0.1) is 0 Å². The maximum Gasteiger partial charge on any atom is 0.335 e. The minimum Gasteiger partial charge on any atom is -0.478 e. The topological polar surface area (TPSA) is 63.6 Å². The van der Waals surface area contributed by atoms with Gasteiger partial charge in [0.25, 0.3) is 0 Å². The van der Waals surface area contributed by atoms with Crippen molar-refractivity contribution in [3.05, 3.63) is 70.2 Å². The summed E-state index contributed by atoms with van der Waals surface area (Å²) in [5, 5.41) is 9.76. The Bertz CT molecular complexity index is 804. The van der Waals surface area contributed by atoms with Crippen molar-refractivity contribution in [2.45, 2.75) is 58.0 Å². The monoisotopic (exact) mass is 402 g/mol. The van der Waals surface area contributed by atoms with Crippen molar-refractivity contribution in [2.24, 2.45) is 0 Å². The van der Waals surface area contributed by atoms with Gasteiger partial charge in [0.2, 0.25) is 0 Å². The lowest BCUT2D eigenvalue weighted by Crippen LogP contribution is -2.30. The Morgan fingerprint density at radius 2 is 1.54 bits per heavy atom. The number of carbonyl (C=O) groups excluding carboxylic acids is 1. The van der Waals surface area contributed by atoms with Gasteiger partial charge in [0.15, 0.2) is 0 Å². The van der Waals surface area contributed by atoms with Crippen LogP contribution in [-0.4, -0.2) is 22.6 Å². The Labute approximate surface area is 171 Å². The van der Waals surface area contributed by atoms with Gasteiger partial charge in [-0.15, -0.1) is 0 Å². The second kappa shape index (κ2) is 9.24. The highest BCUT2D eigenvalue weighted by atomic mass is 35.5. The summed E-state index contributed by atoms with van der Waals surface area (Å²) in [6.45, 7) is 7.60. The van der Waals surface area contributed by atoms with Crippen LogP contribution in [0.1, 0.15) is 73.9 Å². The van der Waals surface area contributed by atoms with E-state index in [1.807, 2.05) is 32.9 Å². The first-order chi connectivity index (χ1) is 13.1. The largest absolute Gasteiger partial charge is 0.478 e. The fraction of sp³-hybridized carbons (Fsp3) is 0.391. The Morgan fingerprint density at radius 3 is 2.00 bits per heavy atom. The molecule has 2 aromatic rings. The number of carboxylic acids is 1. The Morgan fingerprint density at radius 1 is 1.00 bits per heavy atom. The number of hydrogen-bond acceptors (Lipinski definition) is 3. The summed E-state index contributed by atoms with van der Waals surface area (Å²) in [6.07, 6.45) is 1.64. The van der Waals surface area contributed by atoms with Gasteiger partial charge in [0, 0.05) is 10.9 Å². The van der Waals surface area contributed by atoms with E-state index in [1.54, 1.807) is 36.4 Å². The number of ether oxygens (including phenoxy) is 1. The molecule has 0 bridgehead atoms. The summed E-state index contributed by atoms with van der Waals surface area (Å²) in [4.78, 5) is 24.3. The lowest BCUT2D eigenvalue weighted by Gasteiger charge is -2.30. The SMILES string of the molecule is CCCC(c1ccc(C(=O)O)cc1)C(C(=O)OC(C)(C)C)c1ccc(Cl)cc1. The lowest BCUT2D eigenvalue weighted by atomic mass is 9.78. The highest BCUT2D eigenvalue weighted by molar-refractivity contribution is 6.30. The van der Waals surface area contributed by atoms with Crippen molar-refractivity contribution < 1.29 is 19.4 Å². The van der Waals surface area contributed by atoms with Gasteiger partial charge in [-0.1, -0.05) is 49.2 Å². The average molecular weight is 403 g/mol. The molecule has 0 heterocycles. The van der Waals surface area contributed by atoms with E-state index in [2.05, 4.69) is 6.92 Å². The number of carbonyl (C=O) groups is 2. The molecule has 4 nitrogen and oxygen atoms in total. The Hall–Kier alpha value is -2.33. The highest BCUT2D eigenvalue weighted by Gasteiger charge is 2.34. The van der Waals surface area contributed by atoms with Gasteiger partial charge in [0.1, 0.15) is 5.60 Å². The van der Waals surface area contributed by atoms with Crippen LogP contribution in [0.4, 0.5) is 0 Å². The molecule has 0 aliphatic rings. The van der Waals surface area contributed by atoms with Crippen LogP contribution in [0.15, 0.2) is 48.5 Å². The van der Waals surface area contributed by atoms with Crippen LogP contribution in [0.5, 0.6) is 0 Å². The van der Waals surface area contributed by atoms with Gasteiger partial charge in [-0.2, -0.15) is 0 Å². The van der Waals surface area contributed by atoms with E-state index in [0.717, 1.165) is 24.0 Å². The van der Waals surface area contributed by atoms with Crippen LogP contribution >= 0.6 is 11.6 Å². The molecule has 0 aliphatic carbocycles. The summed E-state index contributed by atoms with van der Waals surface area (Å²) >= 11 is 6.04. The van der Waals surface area contributed by atoms with E-state index >= 15 is 0 Å². The first kappa shape index (κ1) is 22.0. The summed E-state index contributed by atoms with van der Waals surface area (Å²) in [5.74, 6) is -1.91. The number of aromatic carboxylic acids is 1. The van der Waals surface area contributed by atoms with Crippen molar-refractivity contribution in [2.75, 3.05) is 0 Å². The predicted molar refractivity (Wildman–Crippen MR) is 111 cm³/mol. The molecule has 5 heteroatoms. The zero-order valence-corrected chi connectivity index (χ0v) is 17.5. The molecule has 1 N–H and O–H groups in total. The zero-order chi connectivity index (χ0) is 20.9. The number of esters is 1. The quantitative estimate of drug-likeness (QED) is 0.573. The number of benzene rings is 2. The Balaban J connectivity index is 2.50. The van der Waals surface area contributed by atoms with Gasteiger partial charge in [-0.05, 0) is 62.6 Å². The molecule has 0 radical (unpaired) electrons. The van der Waals surface area contributed by atoms with Crippen molar-refractivity contribution in [3.63, 3.8) is 0 Å². The second-order valence-corrected chi connectivity index (χ2v) is 8.32. The van der Waals surface area contributed by atoms with Gasteiger partial charge in [-0.25, -0.2) is 4.79 Å². The highest BCUT2D eigenvalue weighted by Crippen LogP contribution is 2.39. The van der Waals surface area contributed by atoms with Crippen LogP contribution in [0.2, 0.25) is 5.02 Å². The molecule has 0 amide bonds. The molecule has 0 saturated heterocycles. The molecule has 2 rings (SSSR count). The van der Waals surface area contributed by atoms with E-state index < -0.39 is 17.5 Å². The summed E-state index contributed by atoms with van der Waals surface area (Å²) in [5.41, 5.74) is 1.36. The van der Waals surface area contributed by atoms with E-state index in [4.69, 9.17) is 21.4 Å². The van der Waals surface area contributed by atoms with E-state index in [9.17, 15) is 9.59 Å².